The molecule has 2 aromatic rings. The Morgan fingerprint density at radius 1 is 1.05 bits per heavy atom. The minimum absolute atomic E-state index is 0.0550. The number of halogens is 2. The molecule has 0 saturated carbocycles. The lowest BCUT2D eigenvalue weighted by molar-refractivity contribution is 0.0882. The normalized spacial score (nSPS) is 18.2. The monoisotopic (exact) mass is 277 g/mol. The number of benzene rings is 2. The Balaban J connectivity index is 1.85. The molecule has 20 heavy (non-hydrogen) atoms. The Bertz CT molecular complexity index is 613. The quantitative estimate of drug-likeness (QED) is 0.927. The second kappa shape index (κ2) is 5.56. The van der Waals surface area contributed by atoms with Crippen LogP contribution in [0.15, 0.2) is 42.5 Å². The maximum absolute atomic E-state index is 13.6. The van der Waals surface area contributed by atoms with Gasteiger partial charge in [-0.25, -0.2) is 8.78 Å². The zero-order chi connectivity index (χ0) is 13.9. The molecule has 0 aromatic heterocycles. The van der Waals surface area contributed by atoms with E-state index in [4.69, 9.17) is 9.57 Å². The summed E-state index contributed by atoms with van der Waals surface area (Å²) in [6.45, 7) is 0.585. The van der Waals surface area contributed by atoms with E-state index >= 15 is 0 Å². The van der Waals surface area contributed by atoms with Crippen molar-refractivity contribution in [1.82, 2.24) is 5.48 Å². The first-order valence-electron chi connectivity index (χ1n) is 6.32. The van der Waals surface area contributed by atoms with Crippen LogP contribution >= 0.6 is 0 Å². The smallest absolute Gasteiger partial charge is 0.130 e. The third kappa shape index (κ3) is 2.95. The van der Waals surface area contributed by atoms with Crippen LogP contribution in [-0.2, 0) is 4.84 Å². The van der Waals surface area contributed by atoms with Gasteiger partial charge in [0.2, 0.25) is 0 Å². The molecule has 3 nitrogen and oxygen atoms in total. The Morgan fingerprint density at radius 3 is 2.65 bits per heavy atom. The minimum Gasteiger partial charge on any atom is -0.457 e. The van der Waals surface area contributed by atoms with E-state index in [0.29, 0.717) is 18.1 Å². The van der Waals surface area contributed by atoms with Gasteiger partial charge in [0.15, 0.2) is 0 Å². The van der Waals surface area contributed by atoms with E-state index in [2.05, 4.69) is 5.48 Å². The van der Waals surface area contributed by atoms with Crippen molar-refractivity contribution in [2.45, 2.75) is 12.5 Å². The topological polar surface area (TPSA) is 30.5 Å². The molecule has 1 aliphatic heterocycles. The van der Waals surface area contributed by atoms with Crippen molar-refractivity contribution >= 4 is 0 Å². The molecule has 0 spiro atoms. The molecular formula is C15H13F2NO2. The fourth-order valence-corrected chi connectivity index (χ4v) is 2.14. The highest BCUT2D eigenvalue weighted by atomic mass is 19.1. The van der Waals surface area contributed by atoms with Crippen molar-refractivity contribution in [3.8, 4) is 11.5 Å². The summed E-state index contributed by atoms with van der Waals surface area (Å²) < 4.78 is 32.2. The third-order valence-corrected chi connectivity index (χ3v) is 3.06. The van der Waals surface area contributed by atoms with Gasteiger partial charge in [0, 0.05) is 12.1 Å². The van der Waals surface area contributed by atoms with Crippen molar-refractivity contribution in [2.75, 3.05) is 6.61 Å². The molecule has 2 aromatic carbocycles. The summed E-state index contributed by atoms with van der Waals surface area (Å²) in [5.41, 5.74) is 3.56. The lowest BCUT2D eigenvalue weighted by Crippen LogP contribution is -2.11. The van der Waals surface area contributed by atoms with Gasteiger partial charge < -0.3 is 9.57 Å². The van der Waals surface area contributed by atoms with Crippen LogP contribution < -0.4 is 10.2 Å². The van der Waals surface area contributed by atoms with Crippen LogP contribution in [0, 0.1) is 11.6 Å². The van der Waals surface area contributed by atoms with Crippen LogP contribution in [0.2, 0.25) is 0 Å². The van der Waals surface area contributed by atoms with Crippen molar-refractivity contribution in [3.63, 3.8) is 0 Å². The molecule has 1 heterocycles. The zero-order valence-electron chi connectivity index (χ0n) is 10.6. The Morgan fingerprint density at radius 2 is 1.90 bits per heavy atom. The lowest BCUT2D eigenvalue weighted by atomic mass is 10.1. The van der Waals surface area contributed by atoms with E-state index in [1.54, 1.807) is 12.1 Å². The standard InChI is InChI=1S/C15H13F2NO2/c16-11-2-1-3-13(8-11)20-14-7-10(6-12(17)9-14)15-4-5-19-18-15/h1-3,6-9,15,18H,4-5H2/t15-/m1/s1. The highest BCUT2D eigenvalue weighted by Crippen LogP contribution is 2.29. The van der Waals surface area contributed by atoms with E-state index in [9.17, 15) is 8.78 Å². The van der Waals surface area contributed by atoms with Gasteiger partial charge in [-0.2, -0.15) is 5.48 Å². The summed E-state index contributed by atoms with van der Waals surface area (Å²) in [5.74, 6) is -0.135. The lowest BCUT2D eigenvalue weighted by Gasteiger charge is -2.12. The first-order chi connectivity index (χ1) is 9.70. The van der Waals surface area contributed by atoms with Crippen LogP contribution in [0.1, 0.15) is 18.0 Å². The highest BCUT2D eigenvalue weighted by Gasteiger charge is 2.18. The molecule has 0 amide bonds. The summed E-state index contributed by atoms with van der Waals surface area (Å²) >= 11 is 0. The van der Waals surface area contributed by atoms with Gasteiger partial charge in [-0.3, -0.25) is 0 Å². The molecule has 1 saturated heterocycles. The molecule has 0 aliphatic carbocycles. The molecule has 104 valence electrons. The highest BCUT2D eigenvalue weighted by molar-refractivity contribution is 5.36. The molecule has 1 fully saturated rings. The van der Waals surface area contributed by atoms with Gasteiger partial charge in [-0.05, 0) is 36.2 Å². The average Bonchev–Trinajstić information content (AvgIpc) is 2.91. The largest absolute Gasteiger partial charge is 0.457 e. The number of rotatable bonds is 3. The summed E-state index contributed by atoms with van der Waals surface area (Å²) in [6, 6.07) is 10.1. The maximum atomic E-state index is 13.6. The third-order valence-electron chi connectivity index (χ3n) is 3.06. The second-order valence-electron chi connectivity index (χ2n) is 4.59. The molecule has 1 aliphatic rings. The molecule has 0 radical (unpaired) electrons. The molecule has 0 unspecified atom stereocenters. The van der Waals surface area contributed by atoms with Gasteiger partial charge in [-0.1, -0.05) is 6.07 Å². The van der Waals surface area contributed by atoms with E-state index in [1.165, 1.54) is 30.3 Å². The number of hydrogen-bond acceptors (Lipinski definition) is 3. The van der Waals surface area contributed by atoms with Crippen LogP contribution in [0.4, 0.5) is 8.78 Å². The van der Waals surface area contributed by atoms with Gasteiger partial charge in [0.25, 0.3) is 0 Å². The zero-order valence-corrected chi connectivity index (χ0v) is 10.6. The van der Waals surface area contributed by atoms with Crippen LogP contribution in [0.25, 0.3) is 0 Å². The Labute approximate surface area is 115 Å². The van der Waals surface area contributed by atoms with Gasteiger partial charge in [-0.15, -0.1) is 0 Å². The van der Waals surface area contributed by atoms with Crippen molar-refractivity contribution in [2.24, 2.45) is 0 Å². The van der Waals surface area contributed by atoms with Gasteiger partial charge >= 0.3 is 0 Å². The van der Waals surface area contributed by atoms with Crippen molar-refractivity contribution in [3.05, 3.63) is 59.7 Å². The van der Waals surface area contributed by atoms with E-state index in [-0.39, 0.29) is 6.04 Å². The SMILES string of the molecule is Fc1cccc(Oc2cc(F)cc([C@H]3CCON3)c2)c1. The Hall–Kier alpha value is -1.98. The van der Waals surface area contributed by atoms with Gasteiger partial charge in [0.1, 0.15) is 23.1 Å². The fraction of sp³-hybridized carbons (Fsp3) is 0.200. The van der Waals surface area contributed by atoms with E-state index in [0.717, 1.165) is 12.0 Å². The van der Waals surface area contributed by atoms with Crippen molar-refractivity contribution in [1.29, 1.82) is 0 Å². The maximum Gasteiger partial charge on any atom is 0.130 e. The first-order valence-corrected chi connectivity index (χ1v) is 6.32. The number of hydroxylamine groups is 1. The minimum atomic E-state index is -0.400. The second-order valence-corrected chi connectivity index (χ2v) is 4.59. The van der Waals surface area contributed by atoms with E-state index < -0.39 is 11.6 Å². The van der Waals surface area contributed by atoms with Crippen LogP contribution in [0.5, 0.6) is 11.5 Å². The summed E-state index contributed by atoms with van der Waals surface area (Å²) in [4.78, 5) is 5.06. The van der Waals surface area contributed by atoms with E-state index in [1.807, 2.05) is 0 Å². The van der Waals surface area contributed by atoms with Gasteiger partial charge in [0.05, 0.1) is 12.6 Å². The van der Waals surface area contributed by atoms with Crippen LogP contribution in [-0.4, -0.2) is 6.61 Å². The molecule has 3 rings (SSSR count). The summed E-state index contributed by atoms with van der Waals surface area (Å²) in [7, 11) is 0. The average molecular weight is 277 g/mol. The van der Waals surface area contributed by atoms with Crippen molar-refractivity contribution < 1.29 is 18.4 Å². The summed E-state index contributed by atoms with van der Waals surface area (Å²) in [5, 5.41) is 0. The molecule has 0 bridgehead atoms. The Kier molecular flexibility index (Phi) is 3.62. The molecular weight excluding hydrogens is 264 g/mol. The predicted octanol–water partition coefficient (Wildman–Crippen LogP) is 3.72. The molecule has 1 N–H and O–H groups in total. The first kappa shape index (κ1) is 13.0. The molecule has 5 heteroatoms. The fourth-order valence-electron chi connectivity index (χ4n) is 2.14. The number of hydrogen-bond donors (Lipinski definition) is 1. The molecule has 1 atom stereocenters. The number of nitrogens with one attached hydrogen (secondary N) is 1. The van der Waals surface area contributed by atoms with Crippen LogP contribution in [0.3, 0.4) is 0 Å². The predicted molar refractivity (Wildman–Crippen MR) is 69.3 cm³/mol. The summed E-state index contributed by atoms with van der Waals surface area (Å²) in [6.07, 6.45) is 0.767. The number of ether oxygens (including phenoxy) is 1.